The fourth-order valence-electron chi connectivity index (χ4n) is 1.90. The fraction of sp³-hybridized carbons (Fsp3) is 1.00. The van der Waals surface area contributed by atoms with Crippen LogP contribution in [0.1, 0.15) is 13.8 Å². The number of methoxy groups -OCH3 is 2. The van der Waals surface area contributed by atoms with E-state index in [-0.39, 0.29) is 12.2 Å². The molecule has 0 saturated carbocycles. The summed E-state index contributed by atoms with van der Waals surface area (Å²) in [5.74, 6) is -0.591. The molecule has 0 aliphatic carbocycles. The smallest absolute Gasteiger partial charge is 0.189 e. The Kier molecular flexibility index (Phi) is 2.53. The average molecular weight is 204 g/mol. The van der Waals surface area contributed by atoms with E-state index in [4.69, 9.17) is 23.7 Å². The number of rotatable bonds is 2. The van der Waals surface area contributed by atoms with Gasteiger partial charge in [0.05, 0.1) is 0 Å². The summed E-state index contributed by atoms with van der Waals surface area (Å²) in [6.45, 7) is 3.73. The summed E-state index contributed by atoms with van der Waals surface area (Å²) >= 11 is 0. The van der Waals surface area contributed by atoms with Crippen LogP contribution >= 0.6 is 0 Å². The van der Waals surface area contributed by atoms with Gasteiger partial charge < -0.3 is 23.7 Å². The highest BCUT2D eigenvalue weighted by Crippen LogP contribution is 2.38. The van der Waals surface area contributed by atoms with Gasteiger partial charge in [0.15, 0.2) is 18.4 Å². The van der Waals surface area contributed by atoms with Crippen LogP contribution in [0.3, 0.4) is 0 Å². The van der Waals surface area contributed by atoms with E-state index in [0.29, 0.717) is 0 Å². The third kappa shape index (κ3) is 1.55. The van der Waals surface area contributed by atoms with E-state index in [1.54, 1.807) is 14.2 Å². The zero-order chi connectivity index (χ0) is 10.3. The Labute approximate surface area is 83.2 Å². The molecule has 0 radical (unpaired) electrons. The number of hydrogen-bond acceptors (Lipinski definition) is 5. The topological polar surface area (TPSA) is 46.2 Å². The predicted octanol–water partition coefficient (Wildman–Crippen LogP) is 0.482. The summed E-state index contributed by atoms with van der Waals surface area (Å²) in [6, 6.07) is 0. The van der Waals surface area contributed by atoms with E-state index >= 15 is 0 Å². The van der Waals surface area contributed by atoms with Gasteiger partial charge in [-0.2, -0.15) is 0 Å². The maximum Gasteiger partial charge on any atom is 0.189 e. The molecule has 2 fully saturated rings. The molecule has 0 N–H and O–H groups in total. The summed E-state index contributed by atoms with van der Waals surface area (Å²) in [5, 5.41) is 0. The maximum absolute atomic E-state index is 5.66. The third-order valence-corrected chi connectivity index (χ3v) is 2.43. The van der Waals surface area contributed by atoms with Crippen molar-refractivity contribution < 1.29 is 23.7 Å². The van der Waals surface area contributed by atoms with E-state index in [1.807, 2.05) is 13.8 Å². The van der Waals surface area contributed by atoms with Crippen LogP contribution < -0.4 is 0 Å². The maximum atomic E-state index is 5.66. The van der Waals surface area contributed by atoms with Crippen molar-refractivity contribution in [1.82, 2.24) is 0 Å². The first kappa shape index (κ1) is 10.3. The summed E-state index contributed by atoms with van der Waals surface area (Å²) in [4.78, 5) is 0. The molecule has 5 nitrogen and oxygen atoms in total. The Bertz CT molecular complexity index is 197. The molecule has 0 bridgehead atoms. The lowest BCUT2D eigenvalue weighted by Crippen LogP contribution is -2.30. The Hall–Kier alpha value is -0.200. The first-order chi connectivity index (χ1) is 6.57. The van der Waals surface area contributed by atoms with Crippen LogP contribution in [0, 0.1) is 0 Å². The first-order valence-corrected chi connectivity index (χ1v) is 4.64. The molecule has 5 heteroatoms. The molecule has 0 amide bonds. The van der Waals surface area contributed by atoms with Gasteiger partial charge in [-0.3, -0.25) is 0 Å². The van der Waals surface area contributed by atoms with Gasteiger partial charge in [0, 0.05) is 14.2 Å². The van der Waals surface area contributed by atoms with Crippen molar-refractivity contribution >= 4 is 0 Å². The van der Waals surface area contributed by atoms with Crippen LogP contribution in [-0.2, 0) is 23.7 Å². The van der Waals surface area contributed by atoms with Crippen LogP contribution in [0.2, 0.25) is 0 Å². The van der Waals surface area contributed by atoms with Crippen molar-refractivity contribution in [3.05, 3.63) is 0 Å². The van der Waals surface area contributed by atoms with Gasteiger partial charge in [-0.15, -0.1) is 0 Å². The lowest BCUT2D eigenvalue weighted by Gasteiger charge is -2.22. The van der Waals surface area contributed by atoms with Crippen LogP contribution in [0.25, 0.3) is 0 Å². The molecular formula is C9H16O5. The van der Waals surface area contributed by atoms with E-state index in [2.05, 4.69) is 0 Å². The van der Waals surface area contributed by atoms with Gasteiger partial charge in [0.2, 0.25) is 0 Å². The molecule has 0 spiro atoms. The minimum absolute atomic E-state index is 0.208. The van der Waals surface area contributed by atoms with Gasteiger partial charge in [-0.1, -0.05) is 0 Å². The lowest BCUT2D eigenvalue weighted by molar-refractivity contribution is -0.264. The second kappa shape index (κ2) is 3.43. The van der Waals surface area contributed by atoms with Gasteiger partial charge in [-0.25, -0.2) is 0 Å². The first-order valence-electron chi connectivity index (χ1n) is 4.64. The van der Waals surface area contributed by atoms with Gasteiger partial charge >= 0.3 is 0 Å². The van der Waals surface area contributed by atoms with Crippen LogP contribution in [0.15, 0.2) is 0 Å². The molecule has 2 rings (SSSR count). The lowest BCUT2D eigenvalue weighted by atomic mass is 10.2. The van der Waals surface area contributed by atoms with Crippen LogP contribution in [-0.4, -0.2) is 44.8 Å². The largest absolute Gasteiger partial charge is 0.353 e. The zero-order valence-electron chi connectivity index (χ0n) is 8.85. The number of hydrogen-bond donors (Lipinski definition) is 0. The van der Waals surface area contributed by atoms with Crippen molar-refractivity contribution in [1.29, 1.82) is 0 Å². The van der Waals surface area contributed by atoms with E-state index in [0.717, 1.165) is 0 Å². The molecule has 82 valence electrons. The van der Waals surface area contributed by atoms with Gasteiger partial charge in [0.25, 0.3) is 0 Å². The van der Waals surface area contributed by atoms with Gasteiger partial charge in [-0.05, 0) is 13.8 Å². The van der Waals surface area contributed by atoms with Crippen molar-refractivity contribution in [3.8, 4) is 0 Å². The standard InChI is InChI=1S/C9H16O5/c1-9(2)13-5-6(14-9)8(11-4)12-7(5)10-3/h5-8H,1-4H3/t5-,6-,7-,8+/m0/s1. The fourth-order valence-corrected chi connectivity index (χ4v) is 1.90. The normalized spacial score (nSPS) is 45.4. The van der Waals surface area contributed by atoms with Crippen LogP contribution in [0.5, 0.6) is 0 Å². The van der Waals surface area contributed by atoms with Crippen molar-refractivity contribution in [2.75, 3.05) is 14.2 Å². The molecule has 0 aromatic rings. The van der Waals surface area contributed by atoms with E-state index < -0.39 is 18.4 Å². The molecule has 4 atom stereocenters. The zero-order valence-corrected chi connectivity index (χ0v) is 8.85. The molecule has 14 heavy (non-hydrogen) atoms. The van der Waals surface area contributed by atoms with E-state index in [1.165, 1.54) is 0 Å². The summed E-state index contributed by atoms with van der Waals surface area (Å²) < 4.78 is 27.0. The SMILES string of the molecule is CO[C@@H]1O[C@H](OC)[C@H]2OC(C)(C)O[C@H]12. The highest BCUT2D eigenvalue weighted by atomic mass is 16.8. The average Bonchev–Trinajstić information content (AvgIpc) is 2.57. The molecular weight excluding hydrogens is 188 g/mol. The van der Waals surface area contributed by atoms with E-state index in [9.17, 15) is 0 Å². The third-order valence-electron chi connectivity index (χ3n) is 2.43. The Morgan fingerprint density at radius 1 is 0.929 bits per heavy atom. The molecule has 2 aliphatic rings. The van der Waals surface area contributed by atoms with Crippen molar-refractivity contribution in [3.63, 3.8) is 0 Å². The van der Waals surface area contributed by atoms with Gasteiger partial charge in [0.1, 0.15) is 12.2 Å². The van der Waals surface area contributed by atoms with Crippen molar-refractivity contribution in [2.45, 2.75) is 44.4 Å². The summed E-state index contributed by atoms with van der Waals surface area (Å²) in [6.07, 6.45) is -1.24. The highest BCUT2D eigenvalue weighted by molar-refractivity contribution is 4.91. The minimum atomic E-state index is -0.591. The molecule has 2 aliphatic heterocycles. The monoisotopic (exact) mass is 204 g/mol. The molecule has 0 unspecified atom stereocenters. The Morgan fingerprint density at radius 2 is 1.36 bits per heavy atom. The Morgan fingerprint density at radius 3 is 1.71 bits per heavy atom. The Balaban J connectivity index is 2.12. The number of ether oxygens (including phenoxy) is 5. The van der Waals surface area contributed by atoms with Crippen LogP contribution in [0.4, 0.5) is 0 Å². The second-order valence-electron chi connectivity index (χ2n) is 3.91. The molecule has 2 heterocycles. The quantitative estimate of drug-likeness (QED) is 0.654. The molecule has 0 aromatic heterocycles. The second-order valence-corrected chi connectivity index (χ2v) is 3.91. The number of fused-ring (bicyclic) bond motifs is 1. The summed E-state index contributed by atoms with van der Waals surface area (Å²) in [7, 11) is 3.16. The summed E-state index contributed by atoms with van der Waals surface area (Å²) in [5.41, 5.74) is 0. The highest BCUT2D eigenvalue weighted by Gasteiger charge is 2.55. The molecule has 2 saturated heterocycles. The predicted molar refractivity (Wildman–Crippen MR) is 46.5 cm³/mol. The van der Waals surface area contributed by atoms with Crippen molar-refractivity contribution in [2.24, 2.45) is 0 Å². The molecule has 0 aromatic carbocycles. The minimum Gasteiger partial charge on any atom is -0.353 e.